The van der Waals surface area contributed by atoms with Crippen LogP contribution in [-0.2, 0) is 4.74 Å². The van der Waals surface area contributed by atoms with Gasteiger partial charge in [-0.2, -0.15) is 0 Å². The van der Waals surface area contributed by atoms with Gasteiger partial charge >= 0.3 is 0 Å². The molecule has 0 aromatic carbocycles. The summed E-state index contributed by atoms with van der Waals surface area (Å²) in [6.45, 7) is 7.70. The Bertz CT molecular complexity index is 199. The van der Waals surface area contributed by atoms with Gasteiger partial charge in [0.05, 0.1) is 6.61 Å². The van der Waals surface area contributed by atoms with E-state index < -0.39 is 0 Å². The molecule has 1 unspecified atom stereocenters. The van der Waals surface area contributed by atoms with E-state index in [1.165, 1.54) is 64.5 Å². The number of hydrogen-bond donors (Lipinski definition) is 1. The second-order valence-corrected chi connectivity index (χ2v) is 5.87. The minimum absolute atomic E-state index is 0.673. The first-order valence-corrected chi connectivity index (χ1v) is 8.33. The topological polar surface area (TPSA) is 24.5 Å². The zero-order valence-electron chi connectivity index (χ0n) is 13.1. The molecular formula is C16H34N2O. The number of rotatable bonds is 11. The molecule has 3 nitrogen and oxygen atoms in total. The maximum atomic E-state index is 5.83. The maximum Gasteiger partial charge on any atom is 0.0621 e. The Balaban J connectivity index is 1.80. The Morgan fingerprint density at radius 2 is 1.95 bits per heavy atom. The highest BCUT2D eigenvalue weighted by Crippen LogP contribution is 2.15. The van der Waals surface area contributed by atoms with E-state index in [1.807, 2.05) is 0 Å². The van der Waals surface area contributed by atoms with E-state index in [0.717, 1.165) is 19.8 Å². The summed E-state index contributed by atoms with van der Waals surface area (Å²) in [5, 5.41) is 3.45. The molecule has 0 saturated carbocycles. The minimum atomic E-state index is 0.673. The number of likely N-dealkylation sites (N-methyl/N-ethyl adjacent to an activating group) is 1. The first-order chi connectivity index (χ1) is 9.34. The van der Waals surface area contributed by atoms with Gasteiger partial charge in [0.1, 0.15) is 0 Å². The Kier molecular flexibility index (Phi) is 10.4. The third kappa shape index (κ3) is 8.61. The quantitative estimate of drug-likeness (QED) is 0.584. The molecule has 1 fully saturated rings. The lowest BCUT2D eigenvalue weighted by Gasteiger charge is -2.32. The van der Waals surface area contributed by atoms with Gasteiger partial charge in [0.2, 0.25) is 0 Å². The maximum absolute atomic E-state index is 5.83. The van der Waals surface area contributed by atoms with Gasteiger partial charge in [-0.1, -0.05) is 26.2 Å². The number of piperidine rings is 1. The van der Waals surface area contributed by atoms with E-state index in [-0.39, 0.29) is 0 Å². The highest BCUT2D eigenvalue weighted by Gasteiger charge is 2.18. The third-order valence-corrected chi connectivity index (χ3v) is 4.05. The lowest BCUT2D eigenvalue weighted by molar-refractivity contribution is 0.0512. The molecule has 0 spiro atoms. The smallest absolute Gasteiger partial charge is 0.0621 e. The normalized spacial score (nSPS) is 20.8. The van der Waals surface area contributed by atoms with Crippen LogP contribution in [0.2, 0.25) is 0 Å². The Labute approximate surface area is 120 Å². The van der Waals surface area contributed by atoms with Gasteiger partial charge in [0.25, 0.3) is 0 Å². The van der Waals surface area contributed by atoms with Crippen molar-refractivity contribution in [2.24, 2.45) is 0 Å². The van der Waals surface area contributed by atoms with Crippen molar-refractivity contribution in [2.75, 3.05) is 39.9 Å². The first-order valence-electron chi connectivity index (χ1n) is 8.33. The van der Waals surface area contributed by atoms with Crippen LogP contribution in [-0.4, -0.2) is 50.8 Å². The summed E-state index contributed by atoms with van der Waals surface area (Å²) in [6.07, 6.45) is 10.5. The van der Waals surface area contributed by atoms with Crippen LogP contribution in [0, 0.1) is 0 Å². The van der Waals surface area contributed by atoms with Crippen LogP contribution >= 0.6 is 0 Å². The van der Waals surface area contributed by atoms with Gasteiger partial charge in [-0.3, -0.25) is 0 Å². The average molecular weight is 270 g/mol. The Morgan fingerprint density at radius 3 is 2.74 bits per heavy atom. The minimum Gasteiger partial charge on any atom is -0.380 e. The summed E-state index contributed by atoms with van der Waals surface area (Å²) in [4.78, 5) is 2.46. The second kappa shape index (κ2) is 11.7. The van der Waals surface area contributed by atoms with Gasteiger partial charge in [0, 0.05) is 12.6 Å². The summed E-state index contributed by atoms with van der Waals surface area (Å²) in [5.74, 6) is 0. The van der Waals surface area contributed by atoms with Crippen LogP contribution in [0.25, 0.3) is 0 Å². The van der Waals surface area contributed by atoms with Gasteiger partial charge in [-0.05, 0) is 58.8 Å². The van der Waals surface area contributed by atoms with Crippen molar-refractivity contribution in [3.63, 3.8) is 0 Å². The largest absolute Gasteiger partial charge is 0.380 e. The Morgan fingerprint density at radius 1 is 1.11 bits per heavy atom. The van der Waals surface area contributed by atoms with Crippen molar-refractivity contribution in [3.05, 3.63) is 0 Å². The molecule has 1 saturated heterocycles. The molecule has 1 aliphatic heterocycles. The molecule has 1 aliphatic rings. The van der Waals surface area contributed by atoms with E-state index in [4.69, 9.17) is 4.74 Å². The fourth-order valence-electron chi connectivity index (χ4n) is 2.68. The van der Waals surface area contributed by atoms with Crippen LogP contribution in [0.3, 0.4) is 0 Å². The molecule has 3 heteroatoms. The van der Waals surface area contributed by atoms with Crippen molar-refractivity contribution >= 4 is 0 Å². The number of likely N-dealkylation sites (tertiary alicyclic amines) is 1. The zero-order valence-corrected chi connectivity index (χ0v) is 13.1. The zero-order chi connectivity index (χ0) is 13.8. The van der Waals surface area contributed by atoms with E-state index in [1.54, 1.807) is 0 Å². The predicted octanol–water partition coefficient (Wildman–Crippen LogP) is 3.05. The van der Waals surface area contributed by atoms with E-state index in [9.17, 15) is 0 Å². The lowest BCUT2D eigenvalue weighted by atomic mass is 10.0. The van der Waals surface area contributed by atoms with Crippen LogP contribution < -0.4 is 5.32 Å². The number of ether oxygens (including phenoxy) is 1. The van der Waals surface area contributed by atoms with Crippen molar-refractivity contribution in [2.45, 2.75) is 64.3 Å². The van der Waals surface area contributed by atoms with Crippen LogP contribution in [0.4, 0.5) is 0 Å². The first kappa shape index (κ1) is 16.9. The predicted molar refractivity (Wildman–Crippen MR) is 82.7 cm³/mol. The van der Waals surface area contributed by atoms with Crippen molar-refractivity contribution < 1.29 is 4.74 Å². The van der Waals surface area contributed by atoms with Crippen molar-refractivity contribution in [3.8, 4) is 0 Å². The molecule has 1 N–H and O–H groups in total. The summed E-state index contributed by atoms with van der Waals surface area (Å²) in [7, 11) is 2.23. The average Bonchev–Trinajstić information content (AvgIpc) is 2.43. The summed E-state index contributed by atoms with van der Waals surface area (Å²) < 4.78 is 5.83. The summed E-state index contributed by atoms with van der Waals surface area (Å²) in [6, 6.07) is 0.673. The molecular weight excluding hydrogens is 236 g/mol. The molecule has 0 aromatic heterocycles. The van der Waals surface area contributed by atoms with E-state index in [2.05, 4.69) is 24.2 Å². The fourth-order valence-corrected chi connectivity index (χ4v) is 2.68. The third-order valence-electron chi connectivity index (χ3n) is 4.05. The second-order valence-electron chi connectivity index (χ2n) is 5.87. The lowest BCUT2D eigenvalue weighted by Crippen LogP contribution is -2.39. The van der Waals surface area contributed by atoms with Crippen LogP contribution in [0.15, 0.2) is 0 Å². The van der Waals surface area contributed by atoms with Gasteiger partial charge in [-0.15, -0.1) is 0 Å². The molecule has 19 heavy (non-hydrogen) atoms. The Hall–Kier alpha value is -0.120. The van der Waals surface area contributed by atoms with E-state index >= 15 is 0 Å². The van der Waals surface area contributed by atoms with Gasteiger partial charge in [0.15, 0.2) is 0 Å². The number of nitrogens with zero attached hydrogens (tertiary/aromatic N) is 1. The highest BCUT2D eigenvalue weighted by molar-refractivity contribution is 4.73. The van der Waals surface area contributed by atoms with Gasteiger partial charge in [-0.25, -0.2) is 0 Å². The van der Waals surface area contributed by atoms with E-state index in [0.29, 0.717) is 6.04 Å². The summed E-state index contributed by atoms with van der Waals surface area (Å²) in [5.41, 5.74) is 0. The van der Waals surface area contributed by atoms with Crippen molar-refractivity contribution in [1.82, 2.24) is 10.2 Å². The molecule has 1 atom stereocenters. The van der Waals surface area contributed by atoms with Crippen LogP contribution in [0.1, 0.15) is 58.3 Å². The number of hydrogen-bond acceptors (Lipinski definition) is 3. The molecule has 0 radical (unpaired) electrons. The molecule has 114 valence electrons. The molecule has 0 aromatic rings. The molecule has 0 amide bonds. The number of nitrogens with one attached hydrogen (secondary N) is 1. The highest BCUT2D eigenvalue weighted by atomic mass is 16.5. The van der Waals surface area contributed by atoms with Crippen LogP contribution in [0.5, 0.6) is 0 Å². The molecule has 0 aliphatic carbocycles. The monoisotopic (exact) mass is 270 g/mol. The molecule has 1 rings (SSSR count). The standard InChI is InChI=1S/C16H34N2O/c1-3-11-17-12-7-4-5-9-14-19-15-16-10-6-8-13-18(16)2/h16-17H,3-15H2,1-2H3. The SMILES string of the molecule is CCCNCCCCCCOCC1CCCCN1C. The van der Waals surface area contributed by atoms with Crippen molar-refractivity contribution in [1.29, 1.82) is 0 Å². The molecule has 1 heterocycles. The molecule has 0 bridgehead atoms. The summed E-state index contributed by atoms with van der Waals surface area (Å²) >= 11 is 0. The number of unbranched alkanes of at least 4 members (excludes halogenated alkanes) is 3. The fraction of sp³-hybridized carbons (Fsp3) is 1.00. The van der Waals surface area contributed by atoms with Gasteiger partial charge < -0.3 is 15.0 Å².